The predicted molar refractivity (Wildman–Crippen MR) is 65.9 cm³/mol. The highest BCUT2D eigenvalue weighted by Crippen LogP contribution is 2.13. The van der Waals surface area contributed by atoms with E-state index in [1.165, 1.54) is 6.26 Å². The zero-order valence-electron chi connectivity index (χ0n) is 10.4. The number of rotatable bonds is 8. The molecule has 0 aromatic carbocycles. The van der Waals surface area contributed by atoms with Gasteiger partial charge in [0.25, 0.3) is 0 Å². The van der Waals surface area contributed by atoms with Crippen LogP contribution < -0.4 is 5.32 Å². The van der Waals surface area contributed by atoms with Gasteiger partial charge in [0.15, 0.2) is 0 Å². The first kappa shape index (κ1) is 14.9. The fourth-order valence-electron chi connectivity index (χ4n) is 1.85. The van der Waals surface area contributed by atoms with Crippen molar-refractivity contribution >= 4 is 9.84 Å². The molecule has 0 aliphatic carbocycles. The molecule has 0 aliphatic heterocycles. The predicted octanol–water partition coefficient (Wildman–Crippen LogP) is 1.84. The van der Waals surface area contributed by atoms with Gasteiger partial charge in [-0.1, -0.05) is 13.8 Å². The highest BCUT2D eigenvalue weighted by molar-refractivity contribution is 7.90. The van der Waals surface area contributed by atoms with Gasteiger partial charge in [0.2, 0.25) is 0 Å². The van der Waals surface area contributed by atoms with Crippen LogP contribution >= 0.6 is 0 Å². The molecule has 0 bridgehead atoms. The van der Waals surface area contributed by atoms with E-state index in [1.54, 1.807) is 0 Å². The largest absolute Gasteiger partial charge is 0.315 e. The molecule has 0 heterocycles. The van der Waals surface area contributed by atoms with Crippen molar-refractivity contribution in [2.75, 3.05) is 18.6 Å². The van der Waals surface area contributed by atoms with E-state index < -0.39 is 9.84 Å². The third kappa shape index (κ3) is 10.2. The minimum absolute atomic E-state index is 0.326. The van der Waals surface area contributed by atoms with Gasteiger partial charge in [0.1, 0.15) is 9.84 Å². The number of sulfone groups is 1. The molecule has 3 nitrogen and oxygen atoms in total. The monoisotopic (exact) mass is 235 g/mol. The smallest absolute Gasteiger partial charge is 0.147 e. The summed E-state index contributed by atoms with van der Waals surface area (Å²) in [5.74, 6) is 0.924. The number of nitrogens with one attached hydrogen (secondary N) is 1. The van der Waals surface area contributed by atoms with Crippen molar-refractivity contribution in [1.29, 1.82) is 0 Å². The quantitative estimate of drug-likeness (QED) is 0.698. The average Bonchev–Trinajstić information content (AvgIpc) is 2.01. The Bertz CT molecular complexity index is 249. The van der Waals surface area contributed by atoms with Crippen LogP contribution in [-0.4, -0.2) is 33.0 Å². The lowest BCUT2D eigenvalue weighted by Crippen LogP contribution is -2.27. The van der Waals surface area contributed by atoms with Gasteiger partial charge in [-0.25, -0.2) is 8.42 Å². The Labute approximate surface area is 94.6 Å². The Kier molecular flexibility index (Phi) is 7.18. The molecule has 2 atom stereocenters. The van der Waals surface area contributed by atoms with Gasteiger partial charge in [-0.15, -0.1) is 0 Å². The summed E-state index contributed by atoms with van der Waals surface area (Å²) >= 11 is 0. The summed E-state index contributed by atoms with van der Waals surface area (Å²) in [6, 6.07) is 0.531. The lowest BCUT2D eigenvalue weighted by molar-refractivity contribution is 0.405. The van der Waals surface area contributed by atoms with E-state index in [4.69, 9.17) is 0 Å². The van der Waals surface area contributed by atoms with Crippen LogP contribution in [0.25, 0.3) is 0 Å². The van der Waals surface area contributed by atoms with Crippen LogP contribution in [-0.2, 0) is 9.84 Å². The van der Waals surface area contributed by atoms with Crippen molar-refractivity contribution in [2.45, 2.75) is 46.1 Å². The fraction of sp³-hybridized carbons (Fsp3) is 1.00. The fourth-order valence-corrected chi connectivity index (χ4v) is 2.54. The van der Waals surface area contributed by atoms with Gasteiger partial charge in [0, 0.05) is 18.1 Å². The molecule has 0 saturated carbocycles. The third-order valence-electron chi connectivity index (χ3n) is 2.52. The number of hydrogen-bond donors (Lipinski definition) is 1. The molecule has 2 unspecified atom stereocenters. The molecule has 0 saturated heterocycles. The van der Waals surface area contributed by atoms with Crippen molar-refractivity contribution < 1.29 is 8.42 Å². The maximum absolute atomic E-state index is 10.9. The molecule has 92 valence electrons. The van der Waals surface area contributed by atoms with E-state index in [0.717, 1.165) is 25.8 Å². The molecule has 0 aliphatic rings. The molecule has 0 aromatic rings. The summed E-state index contributed by atoms with van der Waals surface area (Å²) in [6.07, 6.45) is 4.22. The first-order valence-electron chi connectivity index (χ1n) is 5.76. The highest BCUT2D eigenvalue weighted by atomic mass is 32.2. The van der Waals surface area contributed by atoms with E-state index in [9.17, 15) is 8.42 Å². The van der Waals surface area contributed by atoms with Gasteiger partial charge in [-0.05, 0) is 38.6 Å². The minimum atomic E-state index is -2.77. The van der Waals surface area contributed by atoms with E-state index in [2.05, 4.69) is 26.1 Å². The van der Waals surface area contributed by atoms with Gasteiger partial charge >= 0.3 is 0 Å². The Morgan fingerprint density at radius 3 is 2.33 bits per heavy atom. The molecule has 0 radical (unpaired) electrons. The first-order valence-corrected chi connectivity index (χ1v) is 7.82. The molecular formula is C11H25NO2S. The second-order valence-electron chi connectivity index (χ2n) is 4.57. The van der Waals surface area contributed by atoms with Gasteiger partial charge in [0.05, 0.1) is 0 Å². The van der Waals surface area contributed by atoms with E-state index in [0.29, 0.717) is 17.7 Å². The molecule has 0 fully saturated rings. The van der Waals surface area contributed by atoms with Crippen LogP contribution in [0.1, 0.15) is 40.0 Å². The van der Waals surface area contributed by atoms with Crippen molar-refractivity contribution in [2.24, 2.45) is 5.92 Å². The first-order chi connectivity index (χ1) is 6.85. The Morgan fingerprint density at radius 1 is 1.27 bits per heavy atom. The van der Waals surface area contributed by atoms with Gasteiger partial charge in [-0.3, -0.25) is 0 Å². The summed E-state index contributed by atoms with van der Waals surface area (Å²) in [7, 11) is -2.77. The summed E-state index contributed by atoms with van der Waals surface area (Å²) < 4.78 is 21.9. The standard InChI is InChI=1S/C11H25NO2S/c1-5-12-11(3)9-10(2)7-6-8-15(4,13)14/h10-12H,5-9H2,1-4H3. The van der Waals surface area contributed by atoms with E-state index in [1.807, 2.05) is 0 Å². The summed E-state index contributed by atoms with van der Waals surface area (Å²) in [5.41, 5.74) is 0. The van der Waals surface area contributed by atoms with Crippen LogP contribution in [0.5, 0.6) is 0 Å². The zero-order valence-corrected chi connectivity index (χ0v) is 11.2. The normalized spacial score (nSPS) is 16.3. The molecular weight excluding hydrogens is 210 g/mol. The molecule has 4 heteroatoms. The van der Waals surface area contributed by atoms with Gasteiger partial charge in [-0.2, -0.15) is 0 Å². The highest BCUT2D eigenvalue weighted by Gasteiger charge is 2.09. The summed E-state index contributed by atoms with van der Waals surface area (Å²) in [5, 5.41) is 3.36. The van der Waals surface area contributed by atoms with Crippen LogP contribution in [0.2, 0.25) is 0 Å². The van der Waals surface area contributed by atoms with Gasteiger partial charge < -0.3 is 5.32 Å². The molecule has 15 heavy (non-hydrogen) atoms. The van der Waals surface area contributed by atoms with Crippen molar-refractivity contribution in [1.82, 2.24) is 5.32 Å². The minimum Gasteiger partial charge on any atom is -0.315 e. The van der Waals surface area contributed by atoms with Crippen molar-refractivity contribution in [3.63, 3.8) is 0 Å². The van der Waals surface area contributed by atoms with Crippen LogP contribution in [0.15, 0.2) is 0 Å². The van der Waals surface area contributed by atoms with Crippen LogP contribution in [0.3, 0.4) is 0 Å². The summed E-state index contributed by atoms with van der Waals surface area (Å²) in [6.45, 7) is 7.47. The second kappa shape index (κ2) is 7.23. The van der Waals surface area contributed by atoms with E-state index >= 15 is 0 Å². The molecule has 0 rings (SSSR count). The van der Waals surface area contributed by atoms with Crippen LogP contribution in [0, 0.1) is 5.92 Å². The van der Waals surface area contributed by atoms with Crippen molar-refractivity contribution in [3.05, 3.63) is 0 Å². The Hall–Kier alpha value is -0.0900. The molecule has 1 N–H and O–H groups in total. The Morgan fingerprint density at radius 2 is 1.87 bits per heavy atom. The van der Waals surface area contributed by atoms with Crippen LogP contribution in [0.4, 0.5) is 0 Å². The zero-order chi connectivity index (χ0) is 11.9. The topological polar surface area (TPSA) is 46.2 Å². The Balaban J connectivity index is 3.61. The number of hydrogen-bond acceptors (Lipinski definition) is 3. The molecule has 0 spiro atoms. The lowest BCUT2D eigenvalue weighted by Gasteiger charge is -2.17. The SMILES string of the molecule is CCNC(C)CC(C)CCCS(C)(=O)=O. The van der Waals surface area contributed by atoms with Crippen molar-refractivity contribution in [3.8, 4) is 0 Å². The lowest BCUT2D eigenvalue weighted by atomic mass is 9.98. The second-order valence-corrected chi connectivity index (χ2v) is 6.83. The third-order valence-corrected chi connectivity index (χ3v) is 3.55. The molecule has 0 aromatic heterocycles. The maximum atomic E-state index is 10.9. The average molecular weight is 235 g/mol. The molecule has 0 amide bonds. The maximum Gasteiger partial charge on any atom is 0.147 e. The van der Waals surface area contributed by atoms with E-state index in [-0.39, 0.29) is 0 Å². The summed E-state index contributed by atoms with van der Waals surface area (Å²) in [4.78, 5) is 0.